The SMILES string of the molecule is C=Cc1ccc(C(O)Cl)cc1. The van der Waals surface area contributed by atoms with E-state index in [0.717, 1.165) is 5.56 Å². The van der Waals surface area contributed by atoms with E-state index in [9.17, 15) is 0 Å². The third kappa shape index (κ3) is 2.07. The lowest BCUT2D eigenvalue weighted by molar-refractivity contribution is 0.263. The molecule has 0 bridgehead atoms. The van der Waals surface area contributed by atoms with Crippen molar-refractivity contribution in [2.24, 2.45) is 0 Å². The first-order valence-electron chi connectivity index (χ1n) is 3.28. The number of halogens is 1. The molecule has 58 valence electrons. The highest BCUT2D eigenvalue weighted by Crippen LogP contribution is 2.17. The van der Waals surface area contributed by atoms with Gasteiger partial charge in [0.1, 0.15) is 0 Å². The van der Waals surface area contributed by atoms with E-state index in [1.807, 2.05) is 12.1 Å². The summed E-state index contributed by atoms with van der Waals surface area (Å²) < 4.78 is 0. The Bertz CT molecular complexity index is 238. The molecular weight excluding hydrogens is 160 g/mol. The molecule has 1 N–H and O–H groups in total. The molecule has 0 aliphatic heterocycles. The third-order valence-corrected chi connectivity index (χ3v) is 1.70. The van der Waals surface area contributed by atoms with Crippen LogP contribution in [0.25, 0.3) is 6.08 Å². The van der Waals surface area contributed by atoms with Crippen LogP contribution in [0.5, 0.6) is 0 Å². The van der Waals surface area contributed by atoms with Crippen LogP contribution in [0.3, 0.4) is 0 Å². The number of hydrogen-bond donors (Lipinski definition) is 1. The van der Waals surface area contributed by atoms with Gasteiger partial charge in [0.15, 0.2) is 5.56 Å². The molecule has 0 amide bonds. The molecule has 0 radical (unpaired) electrons. The van der Waals surface area contributed by atoms with Crippen LogP contribution in [-0.2, 0) is 0 Å². The van der Waals surface area contributed by atoms with Crippen molar-refractivity contribution in [3.05, 3.63) is 42.0 Å². The Labute approximate surface area is 70.9 Å². The summed E-state index contributed by atoms with van der Waals surface area (Å²) in [6.45, 7) is 3.61. The zero-order valence-corrected chi connectivity index (χ0v) is 6.75. The summed E-state index contributed by atoms with van der Waals surface area (Å²) in [6.07, 6.45) is 1.74. The molecular formula is C9H9ClO. The maximum absolute atomic E-state index is 8.93. The second kappa shape index (κ2) is 3.56. The number of alkyl halides is 1. The average Bonchev–Trinajstić information content (AvgIpc) is 2.05. The number of aliphatic hydroxyl groups is 1. The molecule has 1 aromatic carbocycles. The summed E-state index contributed by atoms with van der Waals surface area (Å²) in [5.41, 5.74) is 0.817. The van der Waals surface area contributed by atoms with Crippen molar-refractivity contribution < 1.29 is 5.11 Å². The van der Waals surface area contributed by atoms with E-state index in [1.165, 1.54) is 0 Å². The molecule has 0 spiro atoms. The van der Waals surface area contributed by atoms with Gasteiger partial charge in [-0.05, 0) is 11.1 Å². The van der Waals surface area contributed by atoms with Crippen molar-refractivity contribution in [2.75, 3.05) is 0 Å². The molecule has 1 atom stereocenters. The molecule has 2 heteroatoms. The molecule has 1 aromatic rings. The Balaban J connectivity index is 2.91. The second-order valence-corrected chi connectivity index (χ2v) is 2.62. The first-order chi connectivity index (χ1) is 5.24. The van der Waals surface area contributed by atoms with E-state index >= 15 is 0 Å². The highest BCUT2D eigenvalue weighted by atomic mass is 35.5. The van der Waals surface area contributed by atoms with Crippen LogP contribution in [0.4, 0.5) is 0 Å². The van der Waals surface area contributed by atoms with Gasteiger partial charge in [0.2, 0.25) is 0 Å². The van der Waals surface area contributed by atoms with Gasteiger partial charge in [0.25, 0.3) is 0 Å². The monoisotopic (exact) mass is 168 g/mol. The second-order valence-electron chi connectivity index (χ2n) is 2.21. The number of aliphatic hydroxyl groups excluding tert-OH is 1. The van der Waals surface area contributed by atoms with Gasteiger partial charge in [0, 0.05) is 0 Å². The largest absolute Gasteiger partial charge is 0.373 e. The fourth-order valence-electron chi connectivity index (χ4n) is 0.791. The maximum atomic E-state index is 8.93. The molecule has 0 saturated carbocycles. The van der Waals surface area contributed by atoms with E-state index in [2.05, 4.69) is 6.58 Å². The molecule has 0 aliphatic carbocycles. The standard InChI is InChI=1S/C9H9ClO/c1-2-7-3-5-8(6-4-7)9(10)11/h2-6,9,11H,1H2. The minimum atomic E-state index is -0.908. The molecule has 0 fully saturated rings. The van der Waals surface area contributed by atoms with Crippen LogP contribution >= 0.6 is 11.6 Å². The molecule has 1 unspecified atom stereocenters. The zero-order valence-electron chi connectivity index (χ0n) is 6.00. The fraction of sp³-hybridized carbons (Fsp3) is 0.111. The van der Waals surface area contributed by atoms with Crippen molar-refractivity contribution in [1.29, 1.82) is 0 Å². The van der Waals surface area contributed by atoms with Crippen molar-refractivity contribution in [1.82, 2.24) is 0 Å². The van der Waals surface area contributed by atoms with E-state index in [0.29, 0.717) is 5.56 Å². The van der Waals surface area contributed by atoms with Crippen LogP contribution in [-0.4, -0.2) is 5.11 Å². The van der Waals surface area contributed by atoms with Crippen molar-refractivity contribution >= 4 is 17.7 Å². The highest BCUT2D eigenvalue weighted by molar-refractivity contribution is 6.19. The van der Waals surface area contributed by atoms with Crippen LogP contribution < -0.4 is 0 Å². The van der Waals surface area contributed by atoms with Gasteiger partial charge in [-0.1, -0.05) is 48.5 Å². The Morgan fingerprint density at radius 1 is 1.36 bits per heavy atom. The summed E-state index contributed by atoms with van der Waals surface area (Å²) in [6, 6.07) is 7.26. The third-order valence-electron chi connectivity index (χ3n) is 1.45. The summed E-state index contributed by atoms with van der Waals surface area (Å²) in [7, 11) is 0. The van der Waals surface area contributed by atoms with E-state index < -0.39 is 5.56 Å². The summed E-state index contributed by atoms with van der Waals surface area (Å²) in [5.74, 6) is 0. The lowest BCUT2D eigenvalue weighted by Gasteiger charge is -2.01. The van der Waals surface area contributed by atoms with Gasteiger partial charge in [-0.15, -0.1) is 0 Å². The fourth-order valence-corrected chi connectivity index (χ4v) is 0.936. The van der Waals surface area contributed by atoms with Crippen LogP contribution in [0.2, 0.25) is 0 Å². The molecule has 11 heavy (non-hydrogen) atoms. The van der Waals surface area contributed by atoms with Gasteiger partial charge in [-0.3, -0.25) is 0 Å². The summed E-state index contributed by atoms with van der Waals surface area (Å²) in [5, 5.41) is 8.93. The van der Waals surface area contributed by atoms with Crippen LogP contribution in [0.1, 0.15) is 16.7 Å². The molecule has 0 saturated heterocycles. The predicted octanol–water partition coefficient (Wildman–Crippen LogP) is 2.56. The van der Waals surface area contributed by atoms with Crippen molar-refractivity contribution in [3.8, 4) is 0 Å². The van der Waals surface area contributed by atoms with Crippen LogP contribution in [0, 0.1) is 0 Å². The average molecular weight is 169 g/mol. The lowest BCUT2D eigenvalue weighted by Crippen LogP contribution is -1.86. The van der Waals surface area contributed by atoms with Gasteiger partial charge in [0.05, 0.1) is 0 Å². The summed E-state index contributed by atoms with van der Waals surface area (Å²) >= 11 is 5.43. The molecule has 0 aliphatic rings. The number of hydrogen-bond acceptors (Lipinski definition) is 1. The normalized spacial score (nSPS) is 12.5. The lowest BCUT2D eigenvalue weighted by atomic mass is 10.1. The maximum Gasteiger partial charge on any atom is 0.153 e. The van der Waals surface area contributed by atoms with E-state index in [4.69, 9.17) is 16.7 Å². The van der Waals surface area contributed by atoms with E-state index in [1.54, 1.807) is 18.2 Å². The molecule has 1 rings (SSSR count). The summed E-state index contributed by atoms with van der Waals surface area (Å²) in [4.78, 5) is 0. The highest BCUT2D eigenvalue weighted by Gasteiger charge is 1.99. The predicted molar refractivity (Wildman–Crippen MR) is 47.3 cm³/mol. The Kier molecular flexibility index (Phi) is 2.69. The van der Waals surface area contributed by atoms with E-state index in [-0.39, 0.29) is 0 Å². The first kappa shape index (κ1) is 8.31. The number of rotatable bonds is 2. The zero-order chi connectivity index (χ0) is 8.27. The Hall–Kier alpha value is -0.790. The van der Waals surface area contributed by atoms with Gasteiger partial charge < -0.3 is 5.11 Å². The van der Waals surface area contributed by atoms with Crippen LogP contribution in [0.15, 0.2) is 30.8 Å². The Morgan fingerprint density at radius 3 is 2.27 bits per heavy atom. The van der Waals surface area contributed by atoms with Crippen molar-refractivity contribution in [2.45, 2.75) is 5.56 Å². The number of benzene rings is 1. The smallest absolute Gasteiger partial charge is 0.153 e. The minimum absolute atomic E-state index is 0.706. The van der Waals surface area contributed by atoms with Crippen molar-refractivity contribution in [3.63, 3.8) is 0 Å². The molecule has 1 nitrogen and oxygen atoms in total. The van der Waals surface area contributed by atoms with Gasteiger partial charge in [-0.2, -0.15) is 0 Å². The quantitative estimate of drug-likeness (QED) is 0.673. The van der Waals surface area contributed by atoms with Gasteiger partial charge in [-0.25, -0.2) is 0 Å². The first-order valence-corrected chi connectivity index (χ1v) is 3.72. The molecule has 0 heterocycles. The topological polar surface area (TPSA) is 20.2 Å². The van der Waals surface area contributed by atoms with Gasteiger partial charge >= 0.3 is 0 Å². The minimum Gasteiger partial charge on any atom is -0.373 e. The molecule has 0 aromatic heterocycles. The Morgan fingerprint density at radius 2 is 1.91 bits per heavy atom.